The number of aliphatic carboxylic acids is 1. The molecule has 1 rings (SSSR count). The minimum absolute atomic E-state index is 0.00631. The molecule has 1 amide bonds. The van der Waals surface area contributed by atoms with Crippen molar-refractivity contribution in [1.29, 1.82) is 0 Å². The molecule has 0 spiro atoms. The van der Waals surface area contributed by atoms with E-state index < -0.39 is 24.0 Å². The zero-order chi connectivity index (χ0) is 15.8. The standard InChI is InChI=1S/C14H20N2O5/c1-21-11(8-15)7-13(18)16-12(14(19)20)6-9-2-4-10(17)5-3-9/h2-5,11-12,17H,6-8,15H2,1H3,(H,16,18)(H,19,20)/t11?,12-/m1/s1. The molecule has 5 N–H and O–H groups in total. The Balaban J connectivity index is 2.63. The molecule has 0 bridgehead atoms. The Hall–Kier alpha value is -2.12. The monoisotopic (exact) mass is 296 g/mol. The van der Waals surface area contributed by atoms with Gasteiger partial charge in [0.15, 0.2) is 0 Å². The van der Waals surface area contributed by atoms with Crippen LogP contribution in [0.2, 0.25) is 0 Å². The van der Waals surface area contributed by atoms with Crippen molar-refractivity contribution in [3.8, 4) is 5.75 Å². The van der Waals surface area contributed by atoms with Gasteiger partial charge in [0.25, 0.3) is 0 Å². The highest BCUT2D eigenvalue weighted by atomic mass is 16.5. The number of ether oxygens (including phenoxy) is 1. The van der Waals surface area contributed by atoms with Crippen LogP contribution in [0, 0.1) is 0 Å². The molecule has 2 atom stereocenters. The molecule has 1 aromatic carbocycles. The number of carboxylic acid groups (broad SMARTS) is 1. The van der Waals surface area contributed by atoms with Crippen LogP contribution in [0.3, 0.4) is 0 Å². The molecule has 116 valence electrons. The lowest BCUT2D eigenvalue weighted by Gasteiger charge is -2.17. The molecule has 0 saturated heterocycles. The Morgan fingerprint density at radius 3 is 2.43 bits per heavy atom. The highest BCUT2D eigenvalue weighted by molar-refractivity contribution is 5.84. The number of amides is 1. The van der Waals surface area contributed by atoms with Gasteiger partial charge < -0.3 is 26.0 Å². The number of nitrogens with one attached hydrogen (secondary N) is 1. The lowest BCUT2D eigenvalue weighted by molar-refractivity contribution is -0.142. The minimum atomic E-state index is -1.13. The van der Waals surface area contributed by atoms with Gasteiger partial charge in [0, 0.05) is 20.1 Å². The second kappa shape index (κ2) is 8.23. The third-order valence-electron chi connectivity index (χ3n) is 3.02. The largest absolute Gasteiger partial charge is 0.508 e. The predicted molar refractivity (Wildman–Crippen MR) is 75.8 cm³/mol. The average Bonchev–Trinajstić information content (AvgIpc) is 2.46. The van der Waals surface area contributed by atoms with Gasteiger partial charge in [0.1, 0.15) is 11.8 Å². The zero-order valence-electron chi connectivity index (χ0n) is 11.8. The number of hydrogen-bond donors (Lipinski definition) is 4. The van der Waals surface area contributed by atoms with Crippen molar-refractivity contribution in [2.75, 3.05) is 13.7 Å². The first-order valence-electron chi connectivity index (χ1n) is 6.49. The van der Waals surface area contributed by atoms with Gasteiger partial charge in [-0.1, -0.05) is 12.1 Å². The lowest BCUT2D eigenvalue weighted by Crippen LogP contribution is -2.44. The van der Waals surface area contributed by atoms with E-state index in [0.29, 0.717) is 5.56 Å². The highest BCUT2D eigenvalue weighted by Gasteiger charge is 2.22. The van der Waals surface area contributed by atoms with E-state index in [1.165, 1.54) is 19.2 Å². The zero-order valence-corrected chi connectivity index (χ0v) is 11.8. The number of methoxy groups -OCH3 is 1. The number of phenolic OH excluding ortho intramolecular Hbond substituents is 1. The van der Waals surface area contributed by atoms with Crippen LogP contribution >= 0.6 is 0 Å². The molecular formula is C14H20N2O5. The van der Waals surface area contributed by atoms with E-state index in [0.717, 1.165) is 0 Å². The molecule has 21 heavy (non-hydrogen) atoms. The van der Waals surface area contributed by atoms with Crippen molar-refractivity contribution in [1.82, 2.24) is 5.32 Å². The highest BCUT2D eigenvalue weighted by Crippen LogP contribution is 2.11. The van der Waals surface area contributed by atoms with Crippen molar-refractivity contribution in [3.05, 3.63) is 29.8 Å². The maximum Gasteiger partial charge on any atom is 0.326 e. The number of hydrogen-bond acceptors (Lipinski definition) is 5. The maximum atomic E-state index is 11.8. The van der Waals surface area contributed by atoms with Crippen LogP contribution in [0.1, 0.15) is 12.0 Å². The fraction of sp³-hybridized carbons (Fsp3) is 0.429. The molecule has 0 radical (unpaired) electrons. The molecule has 1 aromatic rings. The van der Waals surface area contributed by atoms with Gasteiger partial charge in [0.05, 0.1) is 12.5 Å². The van der Waals surface area contributed by atoms with Crippen molar-refractivity contribution in [3.63, 3.8) is 0 Å². The van der Waals surface area contributed by atoms with E-state index in [2.05, 4.69) is 5.32 Å². The molecule has 0 saturated carbocycles. The Labute approximate surface area is 122 Å². The van der Waals surface area contributed by atoms with Crippen molar-refractivity contribution >= 4 is 11.9 Å². The van der Waals surface area contributed by atoms with E-state index in [-0.39, 0.29) is 25.1 Å². The van der Waals surface area contributed by atoms with Gasteiger partial charge in [-0.3, -0.25) is 4.79 Å². The Morgan fingerprint density at radius 1 is 1.33 bits per heavy atom. The number of aromatic hydroxyl groups is 1. The fourth-order valence-corrected chi connectivity index (χ4v) is 1.79. The predicted octanol–water partition coefficient (Wildman–Crippen LogP) is -0.132. The van der Waals surface area contributed by atoms with E-state index >= 15 is 0 Å². The Kier molecular flexibility index (Phi) is 6.64. The maximum absolute atomic E-state index is 11.8. The SMILES string of the molecule is COC(CN)CC(=O)N[C@H](Cc1ccc(O)cc1)C(=O)O. The van der Waals surface area contributed by atoms with Crippen molar-refractivity contribution in [2.45, 2.75) is 25.0 Å². The van der Waals surface area contributed by atoms with Crippen LogP contribution in [0.15, 0.2) is 24.3 Å². The first-order chi connectivity index (χ1) is 9.96. The van der Waals surface area contributed by atoms with Gasteiger partial charge in [0.2, 0.25) is 5.91 Å². The molecule has 7 heteroatoms. The molecule has 7 nitrogen and oxygen atoms in total. The van der Waals surface area contributed by atoms with Crippen LogP contribution in [0.25, 0.3) is 0 Å². The summed E-state index contributed by atoms with van der Waals surface area (Å²) in [7, 11) is 1.44. The summed E-state index contributed by atoms with van der Waals surface area (Å²) in [5.74, 6) is -1.46. The minimum Gasteiger partial charge on any atom is -0.508 e. The molecule has 0 aliphatic heterocycles. The van der Waals surface area contributed by atoms with Crippen molar-refractivity contribution in [2.24, 2.45) is 5.73 Å². The van der Waals surface area contributed by atoms with Crippen LogP contribution in [0.5, 0.6) is 5.75 Å². The van der Waals surface area contributed by atoms with E-state index in [9.17, 15) is 14.7 Å². The van der Waals surface area contributed by atoms with Gasteiger partial charge in [-0.15, -0.1) is 0 Å². The number of phenols is 1. The lowest BCUT2D eigenvalue weighted by atomic mass is 10.1. The Morgan fingerprint density at radius 2 is 1.95 bits per heavy atom. The van der Waals surface area contributed by atoms with Crippen LogP contribution < -0.4 is 11.1 Å². The van der Waals surface area contributed by atoms with Gasteiger partial charge in [-0.25, -0.2) is 4.79 Å². The molecule has 0 heterocycles. The first-order valence-corrected chi connectivity index (χ1v) is 6.49. The molecular weight excluding hydrogens is 276 g/mol. The van der Waals surface area contributed by atoms with E-state index in [1.54, 1.807) is 12.1 Å². The molecule has 0 fully saturated rings. The van der Waals surface area contributed by atoms with Gasteiger partial charge in [-0.05, 0) is 17.7 Å². The summed E-state index contributed by atoms with van der Waals surface area (Å²) in [5.41, 5.74) is 6.11. The normalized spacial score (nSPS) is 13.4. The van der Waals surface area contributed by atoms with E-state index in [1.807, 2.05) is 0 Å². The first kappa shape index (κ1) is 16.9. The topological polar surface area (TPSA) is 122 Å². The van der Waals surface area contributed by atoms with Gasteiger partial charge in [-0.2, -0.15) is 0 Å². The van der Waals surface area contributed by atoms with Gasteiger partial charge >= 0.3 is 5.97 Å². The number of carbonyl (C=O) groups excluding carboxylic acids is 1. The fourth-order valence-electron chi connectivity index (χ4n) is 1.79. The third-order valence-corrected chi connectivity index (χ3v) is 3.02. The third kappa shape index (κ3) is 5.80. The summed E-state index contributed by atoms with van der Waals surface area (Å²) < 4.78 is 4.98. The number of carbonyl (C=O) groups is 2. The number of carboxylic acids is 1. The Bertz CT molecular complexity index is 471. The summed E-state index contributed by atoms with van der Waals surface area (Å²) in [6.07, 6.45) is -0.304. The average molecular weight is 296 g/mol. The van der Waals surface area contributed by atoms with Crippen LogP contribution in [0.4, 0.5) is 0 Å². The number of rotatable bonds is 8. The summed E-state index contributed by atoms with van der Waals surface area (Å²) in [5, 5.41) is 20.8. The van der Waals surface area contributed by atoms with E-state index in [4.69, 9.17) is 15.6 Å². The van der Waals surface area contributed by atoms with Crippen LogP contribution in [-0.2, 0) is 20.7 Å². The quantitative estimate of drug-likeness (QED) is 0.530. The molecule has 0 aromatic heterocycles. The second-order valence-electron chi connectivity index (χ2n) is 4.63. The van der Waals surface area contributed by atoms with Crippen molar-refractivity contribution < 1.29 is 24.5 Å². The molecule has 0 aliphatic carbocycles. The molecule has 0 aliphatic rings. The summed E-state index contributed by atoms with van der Waals surface area (Å²) >= 11 is 0. The summed E-state index contributed by atoms with van der Waals surface area (Å²) in [4.78, 5) is 23.0. The second-order valence-corrected chi connectivity index (χ2v) is 4.63. The summed E-state index contributed by atoms with van der Waals surface area (Å²) in [6, 6.07) is 5.10. The smallest absolute Gasteiger partial charge is 0.326 e. The van der Waals surface area contributed by atoms with Crippen LogP contribution in [-0.4, -0.2) is 47.9 Å². The number of benzene rings is 1. The molecule has 1 unspecified atom stereocenters. The summed E-state index contributed by atoms with van der Waals surface area (Å²) in [6.45, 7) is 0.180. The number of nitrogens with two attached hydrogens (primary N) is 1.